The van der Waals surface area contributed by atoms with Crippen LogP contribution in [0.4, 0.5) is 5.69 Å². The molecule has 4 rings (SSSR count). The number of aryl methyl sites for hydroxylation is 1. The highest BCUT2D eigenvalue weighted by Crippen LogP contribution is 2.39. The van der Waals surface area contributed by atoms with Crippen LogP contribution in [0, 0.1) is 6.92 Å². The number of hydrogen-bond acceptors (Lipinski definition) is 4. The van der Waals surface area contributed by atoms with Crippen molar-refractivity contribution in [1.29, 1.82) is 0 Å². The summed E-state index contributed by atoms with van der Waals surface area (Å²) in [6.45, 7) is 2.59. The molecule has 1 heterocycles. The Bertz CT molecular complexity index is 1170. The molecule has 162 valence electrons. The lowest BCUT2D eigenvalue weighted by atomic mass is 10.1. The second kappa shape index (κ2) is 10.1. The van der Waals surface area contributed by atoms with Crippen molar-refractivity contribution in [1.82, 2.24) is 5.32 Å². The van der Waals surface area contributed by atoms with Gasteiger partial charge in [0, 0.05) is 21.9 Å². The van der Waals surface area contributed by atoms with Crippen LogP contribution >= 0.6 is 23.5 Å². The van der Waals surface area contributed by atoms with Gasteiger partial charge in [-0.15, -0.1) is 11.8 Å². The first-order valence-corrected chi connectivity index (χ1v) is 12.4. The van der Waals surface area contributed by atoms with Crippen LogP contribution in [-0.2, 0) is 11.2 Å². The molecule has 32 heavy (non-hydrogen) atoms. The molecule has 3 aromatic rings. The lowest BCUT2D eigenvalue weighted by Crippen LogP contribution is -2.26. The van der Waals surface area contributed by atoms with E-state index in [4.69, 9.17) is 0 Å². The molecule has 0 saturated carbocycles. The summed E-state index contributed by atoms with van der Waals surface area (Å²) >= 11 is 3.13. The zero-order chi connectivity index (χ0) is 22.5. The second-order valence-corrected chi connectivity index (χ2v) is 9.50. The van der Waals surface area contributed by atoms with E-state index in [0.29, 0.717) is 22.7 Å². The van der Waals surface area contributed by atoms with Gasteiger partial charge in [-0.3, -0.25) is 9.59 Å². The van der Waals surface area contributed by atoms with E-state index in [1.807, 2.05) is 43.3 Å². The van der Waals surface area contributed by atoms with Crippen molar-refractivity contribution >= 4 is 47.1 Å². The molecule has 0 aliphatic carbocycles. The van der Waals surface area contributed by atoms with Gasteiger partial charge in [0.1, 0.15) is 0 Å². The number of rotatable bonds is 6. The minimum Gasteiger partial charge on any atom is -0.352 e. The SMILES string of the molecule is CSc1ccc(CCNC(=O)c2ccc3c(c2)NC(=O)/C(=C\c2ccc(C)cc2)S3)cc1. The third-order valence-corrected chi connectivity index (χ3v) is 7.01. The van der Waals surface area contributed by atoms with E-state index in [2.05, 4.69) is 41.2 Å². The molecule has 0 aromatic heterocycles. The van der Waals surface area contributed by atoms with Gasteiger partial charge in [-0.05, 0) is 67.1 Å². The number of benzene rings is 3. The topological polar surface area (TPSA) is 58.2 Å². The molecule has 0 saturated heterocycles. The highest BCUT2D eigenvalue weighted by atomic mass is 32.2. The molecule has 1 aliphatic heterocycles. The van der Waals surface area contributed by atoms with Crippen molar-refractivity contribution in [2.45, 2.75) is 23.1 Å². The number of nitrogens with one attached hydrogen (secondary N) is 2. The monoisotopic (exact) mass is 460 g/mol. The van der Waals surface area contributed by atoms with E-state index in [9.17, 15) is 9.59 Å². The lowest BCUT2D eigenvalue weighted by molar-refractivity contribution is -0.112. The molecular formula is C26H24N2O2S2. The predicted molar refractivity (Wildman–Crippen MR) is 134 cm³/mol. The summed E-state index contributed by atoms with van der Waals surface area (Å²) in [7, 11) is 0. The smallest absolute Gasteiger partial charge is 0.262 e. The van der Waals surface area contributed by atoms with Crippen molar-refractivity contribution in [3.63, 3.8) is 0 Å². The van der Waals surface area contributed by atoms with Crippen LogP contribution in [0.1, 0.15) is 27.0 Å². The molecule has 3 aromatic carbocycles. The van der Waals surface area contributed by atoms with E-state index < -0.39 is 0 Å². The van der Waals surface area contributed by atoms with E-state index in [1.165, 1.54) is 27.8 Å². The fourth-order valence-electron chi connectivity index (χ4n) is 3.33. The molecule has 0 spiro atoms. The standard InChI is InChI=1S/C26H24N2O2S2/c1-17-3-5-19(6-4-17)15-24-26(30)28-22-16-20(9-12-23(22)32-24)25(29)27-14-13-18-7-10-21(31-2)11-8-18/h3-12,15-16H,13-14H2,1-2H3,(H,27,29)(H,28,30)/b24-15+. The fraction of sp³-hybridized carbons (Fsp3) is 0.154. The average Bonchev–Trinajstić information content (AvgIpc) is 2.81. The van der Waals surface area contributed by atoms with Crippen LogP contribution in [0.15, 0.2) is 81.4 Å². The largest absolute Gasteiger partial charge is 0.352 e. The zero-order valence-electron chi connectivity index (χ0n) is 18.0. The first kappa shape index (κ1) is 22.2. The van der Waals surface area contributed by atoms with Gasteiger partial charge >= 0.3 is 0 Å². The Hall–Kier alpha value is -2.96. The van der Waals surface area contributed by atoms with Gasteiger partial charge in [-0.1, -0.05) is 53.7 Å². The molecule has 6 heteroatoms. The quantitative estimate of drug-likeness (QED) is 0.362. The first-order chi connectivity index (χ1) is 15.5. The Morgan fingerprint density at radius 2 is 1.81 bits per heavy atom. The molecule has 0 fully saturated rings. The van der Waals surface area contributed by atoms with Crippen molar-refractivity contribution in [2.24, 2.45) is 0 Å². The van der Waals surface area contributed by atoms with Gasteiger partial charge in [-0.25, -0.2) is 0 Å². The van der Waals surface area contributed by atoms with Gasteiger partial charge in [-0.2, -0.15) is 0 Å². The minimum absolute atomic E-state index is 0.145. The molecule has 1 aliphatic rings. The van der Waals surface area contributed by atoms with E-state index in [-0.39, 0.29) is 11.8 Å². The number of anilines is 1. The van der Waals surface area contributed by atoms with Crippen molar-refractivity contribution in [2.75, 3.05) is 18.1 Å². The molecule has 0 atom stereocenters. The van der Waals surface area contributed by atoms with Gasteiger partial charge in [0.15, 0.2) is 0 Å². The molecule has 2 amide bonds. The summed E-state index contributed by atoms with van der Waals surface area (Å²) in [6.07, 6.45) is 4.70. The molecule has 2 N–H and O–H groups in total. The van der Waals surface area contributed by atoms with Gasteiger partial charge < -0.3 is 10.6 Å². The number of carbonyl (C=O) groups is 2. The average molecular weight is 461 g/mol. The maximum atomic E-state index is 12.6. The van der Waals surface area contributed by atoms with Crippen LogP contribution in [0.3, 0.4) is 0 Å². The zero-order valence-corrected chi connectivity index (χ0v) is 19.6. The first-order valence-electron chi connectivity index (χ1n) is 10.3. The van der Waals surface area contributed by atoms with Crippen molar-refractivity contribution in [3.05, 3.63) is 93.9 Å². The van der Waals surface area contributed by atoms with Crippen LogP contribution in [-0.4, -0.2) is 24.6 Å². The van der Waals surface area contributed by atoms with Crippen LogP contribution in [0.2, 0.25) is 0 Å². The number of carbonyl (C=O) groups excluding carboxylic acids is 2. The maximum absolute atomic E-state index is 12.6. The van der Waals surface area contributed by atoms with Crippen molar-refractivity contribution in [3.8, 4) is 0 Å². The minimum atomic E-state index is -0.158. The number of thioether (sulfide) groups is 2. The van der Waals surface area contributed by atoms with Crippen LogP contribution in [0.5, 0.6) is 0 Å². The lowest BCUT2D eigenvalue weighted by Gasteiger charge is -2.19. The van der Waals surface area contributed by atoms with Crippen LogP contribution < -0.4 is 10.6 Å². The highest BCUT2D eigenvalue weighted by molar-refractivity contribution is 8.04. The predicted octanol–water partition coefficient (Wildman–Crippen LogP) is 5.77. The van der Waals surface area contributed by atoms with E-state index in [0.717, 1.165) is 16.9 Å². The van der Waals surface area contributed by atoms with Crippen molar-refractivity contribution < 1.29 is 9.59 Å². The number of fused-ring (bicyclic) bond motifs is 1. The van der Waals surface area contributed by atoms with Gasteiger partial charge in [0.05, 0.1) is 10.6 Å². The number of hydrogen-bond donors (Lipinski definition) is 2. The van der Waals surface area contributed by atoms with Gasteiger partial charge in [0.25, 0.3) is 11.8 Å². The van der Waals surface area contributed by atoms with E-state index >= 15 is 0 Å². The Balaban J connectivity index is 1.39. The Labute approximate surface area is 196 Å². The molecule has 0 radical (unpaired) electrons. The molecule has 0 unspecified atom stereocenters. The van der Waals surface area contributed by atoms with E-state index in [1.54, 1.807) is 23.9 Å². The Morgan fingerprint density at radius 3 is 2.53 bits per heavy atom. The summed E-state index contributed by atoms with van der Waals surface area (Å²) in [6, 6.07) is 21.8. The summed E-state index contributed by atoms with van der Waals surface area (Å²) in [5.74, 6) is -0.303. The molecule has 4 nitrogen and oxygen atoms in total. The number of amides is 2. The summed E-state index contributed by atoms with van der Waals surface area (Å²) in [4.78, 5) is 28.0. The normalized spacial score (nSPS) is 14.1. The third kappa shape index (κ3) is 5.44. The highest BCUT2D eigenvalue weighted by Gasteiger charge is 2.22. The summed E-state index contributed by atoms with van der Waals surface area (Å²) < 4.78 is 0. The Morgan fingerprint density at radius 1 is 1.06 bits per heavy atom. The molecule has 0 bridgehead atoms. The summed E-state index contributed by atoms with van der Waals surface area (Å²) in [5.41, 5.74) is 4.55. The Kier molecular flexibility index (Phi) is 7.02. The fourth-order valence-corrected chi connectivity index (χ4v) is 4.67. The maximum Gasteiger partial charge on any atom is 0.262 e. The summed E-state index contributed by atoms with van der Waals surface area (Å²) in [5, 5.41) is 5.88. The van der Waals surface area contributed by atoms with Gasteiger partial charge in [0.2, 0.25) is 0 Å². The third-order valence-electron chi connectivity index (χ3n) is 5.17. The van der Waals surface area contributed by atoms with Crippen LogP contribution in [0.25, 0.3) is 6.08 Å². The second-order valence-electron chi connectivity index (χ2n) is 7.54. The molecular weight excluding hydrogens is 436 g/mol.